The minimum absolute atomic E-state index is 0. The average molecular weight is 443 g/mol. The molecule has 2 aromatic rings. The maximum Gasteiger partial charge on any atom is 0.255 e. The van der Waals surface area contributed by atoms with Crippen LogP contribution in [0.15, 0.2) is 64.5 Å². The number of allylic oxidation sites excluding steroid dienone is 1. The van der Waals surface area contributed by atoms with E-state index in [-0.39, 0.29) is 21.9 Å². The van der Waals surface area contributed by atoms with Gasteiger partial charge in [0.05, 0.1) is 23.6 Å². The van der Waals surface area contributed by atoms with Gasteiger partial charge in [-0.25, -0.2) is 9.98 Å². The van der Waals surface area contributed by atoms with Crippen LogP contribution in [0.5, 0.6) is 0 Å². The molecular formula is C21H34N10O. The smallest absolute Gasteiger partial charge is 0.255 e. The first-order valence-corrected chi connectivity index (χ1v) is 10.4. The van der Waals surface area contributed by atoms with Crippen molar-refractivity contribution in [2.24, 2.45) is 16.5 Å². The lowest BCUT2D eigenvalue weighted by atomic mass is 10.2. The average Bonchev–Trinajstić information content (AvgIpc) is 3.46. The minimum atomic E-state index is -0.127. The van der Waals surface area contributed by atoms with Crippen LogP contribution in [0.4, 0.5) is 5.82 Å². The van der Waals surface area contributed by atoms with E-state index in [1.807, 2.05) is 12.1 Å². The Balaban J connectivity index is 0.00000204. The highest BCUT2D eigenvalue weighted by Gasteiger charge is 2.24. The molecule has 4 rings (SSSR count). The number of nitrogens with two attached hydrogens (primary N) is 2. The third kappa shape index (κ3) is 5.19. The van der Waals surface area contributed by atoms with E-state index in [0.717, 1.165) is 36.3 Å². The number of rotatable bonds is 6. The van der Waals surface area contributed by atoms with Crippen LogP contribution in [0.25, 0.3) is 11.4 Å². The zero-order valence-corrected chi connectivity index (χ0v) is 17.8. The number of nitrogens with one attached hydrogen (secondary N) is 5. The molecule has 1 aliphatic carbocycles. The summed E-state index contributed by atoms with van der Waals surface area (Å²) in [5.74, 6) is 1.12. The van der Waals surface area contributed by atoms with Crippen molar-refractivity contribution in [2.75, 3.05) is 5.32 Å². The summed E-state index contributed by atoms with van der Waals surface area (Å²) in [4.78, 5) is 21.4. The molecule has 11 nitrogen and oxygen atoms in total. The van der Waals surface area contributed by atoms with Crippen LogP contribution >= 0.6 is 0 Å². The summed E-state index contributed by atoms with van der Waals surface area (Å²) in [6.07, 6.45) is 9.66. The third-order valence-corrected chi connectivity index (χ3v) is 5.26. The van der Waals surface area contributed by atoms with Gasteiger partial charge >= 0.3 is 0 Å². The van der Waals surface area contributed by atoms with Crippen molar-refractivity contribution in [3.63, 3.8) is 0 Å². The van der Waals surface area contributed by atoms with Crippen molar-refractivity contribution in [3.8, 4) is 5.69 Å². The number of hydrogen-bond acceptors (Lipinski definition) is 8. The highest BCUT2D eigenvalue weighted by atomic mass is 16.1. The molecule has 2 aliphatic rings. The van der Waals surface area contributed by atoms with Gasteiger partial charge in [-0.3, -0.25) is 9.36 Å². The normalized spacial score (nSPS) is 21.0. The molecule has 11 heteroatoms. The molecule has 0 saturated heterocycles. The Hall–Kier alpha value is -3.99. The highest BCUT2D eigenvalue weighted by molar-refractivity contribution is 5.79. The lowest BCUT2D eigenvalue weighted by molar-refractivity contribution is 0.620. The zero-order chi connectivity index (χ0) is 22.5. The number of anilines is 1. The van der Waals surface area contributed by atoms with E-state index in [1.54, 1.807) is 42.4 Å². The number of hydrazine groups is 2. The summed E-state index contributed by atoms with van der Waals surface area (Å²) in [5.41, 5.74) is 23.0. The second kappa shape index (κ2) is 9.43. The minimum Gasteiger partial charge on any atom is -0.401 e. The highest BCUT2D eigenvalue weighted by Crippen LogP contribution is 2.25. The molecule has 0 unspecified atom stereocenters. The molecule has 1 fully saturated rings. The molecule has 9 N–H and O–H groups in total. The standard InChI is InChI=1S/C21H28N10O.3H2/c1-13(22)9-25-21(23)28-16-4-3-15(8-16)27-19-6-5-17(10-24-19)31-12-14(2-7-20(31)32)18-11-26-30-29-18;;;/h2,5-7,9-12,15-16,26,29-30H,3-4,8,22H2,1H3,(H,24,27)(H3,23,25,28);3*1H/b13-9-;;;/t15-,16-;;;/m0.../s1. The number of hydrogen-bond donors (Lipinski definition) is 7. The Bertz CT molecular complexity index is 1110. The van der Waals surface area contributed by atoms with Gasteiger partial charge in [0.25, 0.3) is 5.56 Å². The zero-order valence-electron chi connectivity index (χ0n) is 17.8. The molecule has 0 amide bonds. The van der Waals surface area contributed by atoms with E-state index < -0.39 is 0 Å². The maximum atomic E-state index is 12.4. The van der Waals surface area contributed by atoms with Crippen molar-refractivity contribution in [3.05, 3.63) is 70.7 Å². The van der Waals surface area contributed by atoms with Crippen molar-refractivity contribution < 1.29 is 4.28 Å². The van der Waals surface area contributed by atoms with Gasteiger partial charge in [-0.05, 0) is 44.4 Å². The molecular weight excluding hydrogens is 408 g/mol. The topological polar surface area (TPSA) is 159 Å². The summed E-state index contributed by atoms with van der Waals surface area (Å²) >= 11 is 0. The summed E-state index contributed by atoms with van der Waals surface area (Å²) in [5, 5.41) is 6.33. The number of aromatic nitrogens is 2. The van der Waals surface area contributed by atoms with Gasteiger partial charge < -0.3 is 33.0 Å². The monoisotopic (exact) mass is 442 g/mol. The Morgan fingerprint density at radius 3 is 2.91 bits per heavy atom. The van der Waals surface area contributed by atoms with Gasteiger partial charge in [-0.1, -0.05) is 0 Å². The quantitative estimate of drug-likeness (QED) is 0.255. The van der Waals surface area contributed by atoms with E-state index in [2.05, 4.69) is 37.0 Å². The molecule has 174 valence electrons. The van der Waals surface area contributed by atoms with Crippen molar-refractivity contribution >= 4 is 17.5 Å². The van der Waals surface area contributed by atoms with E-state index in [1.165, 1.54) is 6.07 Å². The predicted octanol–water partition coefficient (Wildman–Crippen LogP) is 0.939. The molecule has 1 saturated carbocycles. The van der Waals surface area contributed by atoms with Crippen LogP contribution in [0, 0.1) is 0 Å². The molecule has 0 spiro atoms. The summed E-state index contributed by atoms with van der Waals surface area (Å²) < 4.78 is 1.57. The van der Waals surface area contributed by atoms with Crippen LogP contribution in [-0.2, 0) is 0 Å². The van der Waals surface area contributed by atoms with E-state index in [4.69, 9.17) is 11.5 Å². The van der Waals surface area contributed by atoms with Gasteiger partial charge in [0, 0.05) is 46.2 Å². The number of nitrogens with zero attached hydrogens (tertiary/aromatic N) is 3. The molecule has 0 aromatic carbocycles. The van der Waals surface area contributed by atoms with Crippen LogP contribution in [0.2, 0.25) is 0 Å². The fourth-order valence-electron chi connectivity index (χ4n) is 3.70. The second-order valence-corrected chi connectivity index (χ2v) is 7.84. The fraction of sp³-hybridized carbons (Fsp3) is 0.286. The summed E-state index contributed by atoms with van der Waals surface area (Å²) in [6, 6.07) is 7.47. The van der Waals surface area contributed by atoms with E-state index in [0.29, 0.717) is 17.3 Å². The number of aliphatic imine (C=N–C) groups is 1. The molecule has 0 bridgehead atoms. The van der Waals surface area contributed by atoms with Crippen LogP contribution < -0.4 is 44.0 Å². The molecule has 0 radical (unpaired) electrons. The van der Waals surface area contributed by atoms with Gasteiger partial charge in [0.1, 0.15) is 5.82 Å². The molecule has 2 atom stereocenters. The fourth-order valence-corrected chi connectivity index (χ4v) is 3.70. The van der Waals surface area contributed by atoms with Crippen LogP contribution in [-0.4, -0.2) is 27.6 Å². The van der Waals surface area contributed by atoms with Crippen molar-refractivity contribution in [1.82, 2.24) is 31.3 Å². The first-order chi connectivity index (χ1) is 15.5. The molecule has 3 heterocycles. The first kappa shape index (κ1) is 21.2. The Morgan fingerprint density at radius 1 is 1.31 bits per heavy atom. The summed E-state index contributed by atoms with van der Waals surface area (Å²) in [6.45, 7) is 1.78. The Morgan fingerprint density at radius 2 is 2.19 bits per heavy atom. The maximum absolute atomic E-state index is 12.4. The third-order valence-electron chi connectivity index (χ3n) is 5.26. The SMILES string of the molecule is C/C(N)=C/NC(N)=N[C@H]1CC[C@H](Nc2ccc(-n3cc(C4=CNNN4)ccc3=O)cn2)C1.[HH].[HH].[HH]. The predicted molar refractivity (Wildman–Crippen MR) is 131 cm³/mol. The van der Waals surface area contributed by atoms with Crippen molar-refractivity contribution in [1.29, 1.82) is 0 Å². The van der Waals surface area contributed by atoms with Gasteiger partial charge in [0.15, 0.2) is 5.96 Å². The molecule has 32 heavy (non-hydrogen) atoms. The summed E-state index contributed by atoms with van der Waals surface area (Å²) in [7, 11) is 0. The molecule has 2 aromatic heterocycles. The Labute approximate surface area is 190 Å². The van der Waals surface area contributed by atoms with Crippen LogP contribution in [0.3, 0.4) is 0 Å². The van der Waals surface area contributed by atoms with Gasteiger partial charge in [-0.15, -0.1) is 0 Å². The number of guanidine groups is 1. The van der Waals surface area contributed by atoms with Crippen molar-refractivity contribution in [2.45, 2.75) is 38.3 Å². The number of pyridine rings is 2. The van der Waals surface area contributed by atoms with Crippen LogP contribution in [0.1, 0.15) is 36.0 Å². The van der Waals surface area contributed by atoms with Gasteiger partial charge in [0.2, 0.25) is 0 Å². The lowest BCUT2D eigenvalue weighted by Crippen LogP contribution is -2.31. The Kier molecular flexibility index (Phi) is 6.26. The largest absolute Gasteiger partial charge is 0.401 e. The van der Waals surface area contributed by atoms with Gasteiger partial charge in [-0.2, -0.15) is 5.53 Å². The first-order valence-electron chi connectivity index (χ1n) is 10.4. The lowest BCUT2D eigenvalue weighted by Gasteiger charge is -2.14. The van der Waals surface area contributed by atoms with E-state index >= 15 is 0 Å². The second-order valence-electron chi connectivity index (χ2n) is 7.84. The molecule has 1 aliphatic heterocycles. The van der Waals surface area contributed by atoms with E-state index in [9.17, 15) is 4.79 Å².